The minimum absolute atomic E-state index is 0.703. The first kappa shape index (κ1) is 5.71. The Morgan fingerprint density at radius 1 is 1.12 bits per heavy atom. The van der Waals surface area contributed by atoms with Gasteiger partial charge in [0.2, 0.25) is 0 Å². The number of aryl methyl sites for hydroxylation is 1. The smallest absolute Gasteiger partial charge is 0.0839 e. The molecule has 0 aliphatic heterocycles. The summed E-state index contributed by atoms with van der Waals surface area (Å²) in [6.07, 6.45) is 3.20. The highest BCUT2D eigenvalue weighted by Gasteiger charge is 1.94. The minimum atomic E-state index is 0.703. The largest absolute Gasteiger partial charge is 0.303 e. The number of hydrogen-bond donors (Lipinski definition) is 0. The molecule has 4 bridgehead atoms. The third-order valence-corrected chi connectivity index (χ3v) is 80.1. The molecule has 0 amide bonds. The van der Waals surface area contributed by atoms with Crippen molar-refractivity contribution in [2.24, 2.45) is 6.66 Å². The highest BCUT2D eigenvalue weighted by molar-refractivity contribution is 9.11. The molecule has 8 heavy (non-hydrogen) atoms. The van der Waals surface area contributed by atoms with E-state index in [1.165, 1.54) is 0 Å². The molecule has 0 aliphatic carbocycles. The van der Waals surface area contributed by atoms with Gasteiger partial charge in [0.15, 0.2) is 0 Å². The summed E-state index contributed by atoms with van der Waals surface area (Å²) in [6, 6.07) is 0. The molecular weight excluding hydrogens is 229 g/mol. The fourth-order valence-corrected chi connectivity index (χ4v) is 163. The molecule has 7 heteroatoms. The van der Waals surface area contributed by atoms with Crippen LogP contribution in [-0.4, -0.2) is 0 Å². The second-order valence-corrected chi connectivity index (χ2v) is 39.8. The maximum Gasteiger partial charge on any atom is -0.0839 e. The average molecular weight is 232 g/mol. The van der Waals surface area contributed by atoms with Gasteiger partial charge in [0, 0.05) is 0 Å². The Bertz CT molecular complexity index is 362. The standard InChI is InChI=1S/CH3P7/c1-4-5-2-6-7(3-5)8(4)6/h1H3/q-2. The van der Waals surface area contributed by atoms with Crippen molar-refractivity contribution in [1.82, 2.24) is 0 Å². The monoisotopic (exact) mass is 232 g/mol. The van der Waals surface area contributed by atoms with Crippen LogP contribution in [0.15, 0.2) is 0 Å². The number of hydrogen-bond acceptors (Lipinski definition) is 0. The van der Waals surface area contributed by atoms with Crippen LogP contribution < -0.4 is 0 Å². The molecule has 0 N–H and O–H groups in total. The van der Waals surface area contributed by atoms with Crippen molar-refractivity contribution in [3.8, 4) is 0 Å². The molecule has 0 spiro atoms. The zero-order valence-corrected chi connectivity index (χ0v) is 10.4. The highest BCUT2D eigenvalue weighted by Crippen LogP contribution is 3.07. The van der Waals surface area contributed by atoms with Gasteiger partial charge in [0.05, 0.1) is 0 Å². The van der Waals surface area contributed by atoms with Gasteiger partial charge in [-0.1, -0.05) is 6.66 Å². The predicted octanol–water partition coefficient (Wildman–Crippen LogP) is 6.25. The number of rotatable bonds is 0. The molecule has 4 aromatic rings. The SMILES string of the molecule is Cp1p2[p-]p3p([p-]2)p13. The van der Waals surface area contributed by atoms with Crippen LogP contribution in [0.1, 0.15) is 0 Å². The van der Waals surface area contributed by atoms with Crippen molar-refractivity contribution in [1.29, 1.82) is 0 Å². The van der Waals surface area contributed by atoms with E-state index in [0.717, 1.165) is 26.0 Å². The zero-order chi connectivity index (χ0) is 5.30. The van der Waals surface area contributed by atoms with Gasteiger partial charge in [-0.25, -0.2) is 7.55 Å². The molecule has 0 aromatic carbocycles. The van der Waals surface area contributed by atoms with Crippen molar-refractivity contribution in [2.45, 2.75) is 0 Å². The van der Waals surface area contributed by atoms with Crippen molar-refractivity contribution in [3.63, 3.8) is 0 Å². The van der Waals surface area contributed by atoms with Crippen LogP contribution in [0.2, 0.25) is 0 Å². The Balaban J connectivity index is 3.00. The first-order valence-electron chi connectivity index (χ1n) is 2.25. The van der Waals surface area contributed by atoms with Crippen LogP contribution in [-0.2, 0) is 6.66 Å². The van der Waals surface area contributed by atoms with E-state index in [4.69, 9.17) is 0 Å². The Labute approximate surface area is 54.4 Å². The van der Waals surface area contributed by atoms with Crippen LogP contribution in [0, 0.1) is 0 Å². The molecule has 44 valence electrons. The van der Waals surface area contributed by atoms with E-state index in [2.05, 4.69) is 6.66 Å². The molecule has 0 saturated carbocycles. The van der Waals surface area contributed by atoms with Crippen molar-refractivity contribution in [2.75, 3.05) is 0 Å². The lowest BCUT2D eigenvalue weighted by molar-refractivity contribution is 2.19. The summed E-state index contributed by atoms with van der Waals surface area (Å²) in [5, 5.41) is 0. The lowest BCUT2D eigenvalue weighted by atomic mass is 12.0. The first-order valence-corrected chi connectivity index (χ1v) is 17.5. The Morgan fingerprint density at radius 2 is 1.75 bits per heavy atom. The lowest BCUT2D eigenvalue weighted by Crippen LogP contribution is -1.09. The Morgan fingerprint density at radius 3 is 1.88 bits per heavy atom. The maximum absolute atomic E-state index is 2.60. The van der Waals surface area contributed by atoms with E-state index >= 15 is 0 Å². The van der Waals surface area contributed by atoms with Crippen molar-refractivity contribution in [3.05, 3.63) is 0 Å². The normalized spacial score (nSPS) is 26.9. The zero-order valence-electron chi connectivity index (χ0n) is 4.13. The van der Waals surface area contributed by atoms with Gasteiger partial charge in [0.1, 0.15) is 0 Å². The lowest BCUT2D eigenvalue weighted by Gasteiger charge is -1.96. The summed E-state index contributed by atoms with van der Waals surface area (Å²) >= 11 is 0. The molecular formula is CH3P7-2. The molecule has 0 nitrogen and oxygen atoms in total. The third-order valence-electron chi connectivity index (χ3n) is 1.29. The minimum Gasteiger partial charge on any atom is -0.303 e. The molecule has 3 atom stereocenters. The topological polar surface area (TPSA) is 0 Å². The van der Waals surface area contributed by atoms with Gasteiger partial charge in [-0.2, -0.15) is 0 Å². The van der Waals surface area contributed by atoms with Crippen molar-refractivity contribution >= 4 is 47.5 Å². The fraction of sp³-hybridized carbons (Fsp3) is 1.00. The molecule has 4 rings (SSSR count). The van der Waals surface area contributed by atoms with Crippen molar-refractivity contribution < 1.29 is 0 Å². The molecule has 4 heterocycles. The first-order chi connectivity index (χ1) is 3.88. The van der Waals surface area contributed by atoms with E-state index in [0.29, 0.717) is 6.37 Å². The summed E-state index contributed by atoms with van der Waals surface area (Å²) < 4.78 is 0. The summed E-state index contributed by atoms with van der Waals surface area (Å²) in [7, 11) is 4.07. The third kappa shape index (κ3) is 0.517. The van der Waals surface area contributed by atoms with Gasteiger partial charge >= 0.3 is 0 Å². The van der Waals surface area contributed by atoms with Crippen LogP contribution in [0.25, 0.3) is 0 Å². The van der Waals surface area contributed by atoms with Gasteiger partial charge in [-0.15, -0.1) is 0 Å². The van der Waals surface area contributed by atoms with Gasteiger partial charge in [-0.05, 0) is 0 Å². The summed E-state index contributed by atoms with van der Waals surface area (Å²) in [4.78, 5) is 0. The summed E-state index contributed by atoms with van der Waals surface area (Å²) in [5.74, 6) is 0. The Hall–Kier alpha value is 2.10. The van der Waals surface area contributed by atoms with Crippen LogP contribution >= 0.6 is 47.5 Å². The Kier molecular flexibility index (Phi) is 1.17. The van der Waals surface area contributed by atoms with E-state index in [1.807, 2.05) is 15.1 Å². The van der Waals surface area contributed by atoms with Crippen LogP contribution in [0.5, 0.6) is 0 Å². The summed E-state index contributed by atoms with van der Waals surface area (Å²) in [6.45, 7) is 3.32. The highest BCUT2D eigenvalue weighted by atomic mass is 33.1. The second kappa shape index (κ2) is 1.64. The van der Waals surface area contributed by atoms with E-state index in [9.17, 15) is 0 Å². The molecule has 0 radical (unpaired) electrons. The predicted molar refractivity (Wildman–Crippen MR) is 54.0 cm³/mol. The molecule has 0 saturated heterocycles. The molecule has 4 aromatic heterocycles. The fourth-order valence-electron chi connectivity index (χ4n) is 0.830. The van der Waals surface area contributed by atoms with Gasteiger partial charge in [0.25, 0.3) is 0 Å². The maximum atomic E-state index is 2.60. The molecule has 3 unspecified atom stereocenters. The second-order valence-electron chi connectivity index (χ2n) is 1.74. The van der Waals surface area contributed by atoms with Gasteiger partial charge in [-0.3, -0.25) is 26.0 Å². The summed E-state index contributed by atoms with van der Waals surface area (Å²) in [5.41, 5.74) is 0. The van der Waals surface area contributed by atoms with E-state index in [-0.39, 0.29) is 0 Å². The van der Waals surface area contributed by atoms with Crippen LogP contribution in [0.4, 0.5) is 0 Å². The van der Waals surface area contributed by atoms with E-state index < -0.39 is 0 Å². The van der Waals surface area contributed by atoms with Crippen LogP contribution in [0.3, 0.4) is 0 Å². The van der Waals surface area contributed by atoms with Gasteiger partial charge < -0.3 is 13.9 Å². The molecule has 0 aliphatic rings. The average Bonchev–Trinajstić information content (AvgIpc) is 2.23. The van der Waals surface area contributed by atoms with E-state index in [1.54, 1.807) is 0 Å². The molecule has 0 fully saturated rings. The quantitative estimate of drug-likeness (QED) is 0.429.